The van der Waals surface area contributed by atoms with Crippen molar-refractivity contribution in [3.63, 3.8) is 0 Å². The van der Waals surface area contributed by atoms with Crippen molar-refractivity contribution in [3.05, 3.63) is 120 Å². The van der Waals surface area contributed by atoms with Gasteiger partial charge in [0.2, 0.25) is 31.9 Å². The Morgan fingerprint density at radius 2 is 1.21 bits per heavy atom. The topological polar surface area (TPSA) is 176 Å². The maximum Gasteiger partial charge on any atom is 0.249 e. The molecular formula is C54H61N9O7S2. The number of pyridine rings is 1. The number of aromatic nitrogens is 3. The maximum atomic E-state index is 14.3. The molecule has 3 aliphatic heterocycles. The Labute approximate surface area is 421 Å². The number of hydrogen-bond acceptors (Lipinski definition) is 10. The van der Waals surface area contributed by atoms with Crippen LogP contribution in [0.3, 0.4) is 0 Å². The smallest absolute Gasteiger partial charge is 0.249 e. The average molecular weight is 1010 g/mol. The number of likely N-dealkylation sites (N-methyl/N-ethyl adjacent to an activating group) is 3. The summed E-state index contributed by atoms with van der Waals surface area (Å²) in [7, 11) is -3.69. The van der Waals surface area contributed by atoms with Crippen LogP contribution in [0, 0.1) is 13.8 Å². The van der Waals surface area contributed by atoms with E-state index >= 15 is 0 Å². The standard InChI is InChI=1S/C54H61N9O7S2/c1-36-10-12-38-28-47(56-45(38)26-36)43-31-41(14-16-50(43)61-20-6-7-21-61)71(66,67)58(3)24-25-63-52(34-70-35-54(63)65)49-30-40(18-19-55-49)60(5)53(64)33-59(4)72(68,69)42-15-17-51(62-22-8-9-23-62)44(32-42)48-29-39-13-11-37(2)27-46(39)57-48/h10-19,26-32,52,56-57H,6-9,20-25,33-35H2,1-5H3. The number of aromatic amines is 2. The number of anilines is 3. The Kier molecular flexibility index (Phi) is 13.5. The monoisotopic (exact) mass is 1010 g/mol. The molecule has 10 rings (SSSR count). The summed E-state index contributed by atoms with van der Waals surface area (Å²) in [4.78, 5) is 46.8. The van der Waals surface area contributed by atoms with Crippen molar-refractivity contribution in [3.8, 4) is 22.5 Å². The number of carbonyl (C=O) groups excluding carboxylic acids is 2. The largest absolute Gasteiger partial charge is 0.371 e. The Morgan fingerprint density at radius 1 is 0.681 bits per heavy atom. The van der Waals surface area contributed by atoms with Gasteiger partial charge in [-0.15, -0.1) is 0 Å². The number of benzene rings is 4. The minimum atomic E-state index is -4.13. The Balaban J connectivity index is 0.837. The lowest BCUT2D eigenvalue weighted by molar-refractivity contribution is -0.148. The van der Waals surface area contributed by atoms with Crippen LogP contribution < -0.4 is 14.7 Å². The van der Waals surface area contributed by atoms with Crippen LogP contribution in [0.25, 0.3) is 44.3 Å². The van der Waals surface area contributed by atoms with Crippen LogP contribution in [0.1, 0.15) is 48.5 Å². The summed E-state index contributed by atoms with van der Waals surface area (Å²) in [6, 6.07) is 29.6. The highest BCUT2D eigenvalue weighted by molar-refractivity contribution is 7.89. The average Bonchev–Trinajstić information content (AvgIpc) is 4.23. The number of carbonyl (C=O) groups is 2. The van der Waals surface area contributed by atoms with Crippen molar-refractivity contribution in [2.75, 3.05) is 94.9 Å². The molecular weight excluding hydrogens is 951 g/mol. The molecule has 18 heteroatoms. The van der Waals surface area contributed by atoms with E-state index in [9.17, 15) is 26.4 Å². The quantitative estimate of drug-likeness (QED) is 0.104. The molecule has 3 aromatic heterocycles. The Bertz CT molecular complexity index is 3430. The first-order chi connectivity index (χ1) is 34.5. The van der Waals surface area contributed by atoms with Gasteiger partial charge in [-0.1, -0.05) is 24.3 Å². The number of sulfonamides is 2. The number of nitrogens with one attached hydrogen (secondary N) is 2. The minimum absolute atomic E-state index is 0.0116. The van der Waals surface area contributed by atoms with Gasteiger partial charge in [-0.3, -0.25) is 14.6 Å². The van der Waals surface area contributed by atoms with Gasteiger partial charge in [0.05, 0.1) is 34.7 Å². The van der Waals surface area contributed by atoms with Crippen molar-refractivity contribution in [2.45, 2.75) is 55.4 Å². The van der Waals surface area contributed by atoms with Gasteiger partial charge >= 0.3 is 0 Å². The van der Waals surface area contributed by atoms with Gasteiger partial charge in [0, 0.05) is 128 Å². The number of H-pyrrole nitrogens is 2. The molecule has 2 amide bonds. The van der Waals surface area contributed by atoms with Crippen LogP contribution in [0.2, 0.25) is 0 Å². The number of ether oxygens (including phenoxy) is 1. The molecule has 2 N–H and O–H groups in total. The fourth-order valence-corrected chi connectivity index (χ4v) is 12.6. The number of aryl methyl sites for hydroxylation is 2. The van der Waals surface area contributed by atoms with E-state index in [0.717, 1.165) is 123 Å². The number of nitrogens with zero attached hydrogens (tertiary/aromatic N) is 7. The summed E-state index contributed by atoms with van der Waals surface area (Å²) in [5.74, 6) is -0.822. The molecule has 3 aliphatic rings. The third-order valence-corrected chi connectivity index (χ3v) is 18.1. The molecule has 4 aromatic carbocycles. The number of amides is 2. The summed E-state index contributed by atoms with van der Waals surface area (Å²) in [6.45, 7) is 7.11. The van der Waals surface area contributed by atoms with Gasteiger partial charge in [0.15, 0.2) is 0 Å². The predicted octanol–water partition coefficient (Wildman–Crippen LogP) is 7.70. The zero-order valence-electron chi connectivity index (χ0n) is 41.4. The van der Waals surface area contributed by atoms with Crippen molar-refractivity contribution < 1.29 is 31.2 Å². The molecule has 0 aliphatic carbocycles. The fraction of sp³-hybridized carbons (Fsp3) is 0.352. The molecule has 3 saturated heterocycles. The fourth-order valence-electron chi connectivity index (χ4n) is 10.2. The molecule has 3 fully saturated rings. The van der Waals surface area contributed by atoms with E-state index in [2.05, 4.69) is 55.1 Å². The van der Waals surface area contributed by atoms with Gasteiger partial charge in [0.25, 0.3) is 0 Å². The van der Waals surface area contributed by atoms with Gasteiger partial charge in [-0.25, -0.2) is 16.8 Å². The maximum absolute atomic E-state index is 14.3. The highest BCUT2D eigenvalue weighted by atomic mass is 32.2. The third-order valence-electron chi connectivity index (χ3n) is 14.5. The molecule has 16 nitrogen and oxygen atoms in total. The van der Waals surface area contributed by atoms with Gasteiger partial charge < -0.3 is 34.3 Å². The molecule has 1 unspecified atom stereocenters. The Morgan fingerprint density at radius 3 is 1.75 bits per heavy atom. The molecule has 376 valence electrons. The first-order valence-electron chi connectivity index (χ1n) is 24.5. The van der Waals surface area contributed by atoms with Crippen molar-refractivity contribution >= 4 is 70.7 Å². The van der Waals surface area contributed by atoms with Crippen LogP contribution in [0.5, 0.6) is 0 Å². The SMILES string of the molecule is Cc1ccc2cc(-c3cc(S(=O)(=O)N(C)CCN4C(=O)COCC4c4cc(N(C)C(=O)CN(C)S(=O)(=O)c5ccc(N6CCCC6)c(-c6cc7ccc(C)cc7[nH]6)c5)ccn4)ccc3N3CCCC3)[nH]c2c1. The summed E-state index contributed by atoms with van der Waals surface area (Å²) in [5.41, 5.74) is 10.2. The highest BCUT2D eigenvalue weighted by Gasteiger charge is 2.34. The van der Waals surface area contributed by atoms with Crippen LogP contribution >= 0.6 is 0 Å². The number of rotatable bonds is 15. The summed E-state index contributed by atoms with van der Waals surface area (Å²) in [6.07, 6.45) is 5.77. The predicted molar refractivity (Wildman–Crippen MR) is 282 cm³/mol. The van der Waals surface area contributed by atoms with E-state index in [0.29, 0.717) is 11.4 Å². The van der Waals surface area contributed by atoms with Crippen molar-refractivity contribution in [2.24, 2.45) is 0 Å². The minimum Gasteiger partial charge on any atom is -0.371 e. The van der Waals surface area contributed by atoms with Crippen LogP contribution in [-0.2, 0) is 34.4 Å². The number of fused-ring (bicyclic) bond motifs is 2. The van der Waals surface area contributed by atoms with Gasteiger partial charge in [-0.05, 0) is 123 Å². The van der Waals surface area contributed by atoms with Gasteiger partial charge in [-0.2, -0.15) is 8.61 Å². The second-order valence-corrected chi connectivity index (χ2v) is 23.5. The third kappa shape index (κ3) is 9.61. The molecule has 7 aromatic rings. The van der Waals surface area contributed by atoms with E-state index in [1.165, 1.54) is 29.5 Å². The Hall–Kier alpha value is -6.57. The summed E-state index contributed by atoms with van der Waals surface area (Å²) < 4.78 is 65.2. The zero-order chi connectivity index (χ0) is 50.5. The zero-order valence-corrected chi connectivity index (χ0v) is 43.0. The van der Waals surface area contributed by atoms with E-state index in [1.807, 2.05) is 44.2 Å². The van der Waals surface area contributed by atoms with Crippen LogP contribution in [0.15, 0.2) is 113 Å². The molecule has 0 radical (unpaired) electrons. The number of hydrogen-bond donors (Lipinski definition) is 2. The van der Waals surface area contributed by atoms with E-state index < -0.39 is 38.5 Å². The summed E-state index contributed by atoms with van der Waals surface area (Å²) in [5, 5.41) is 2.06. The first kappa shape index (κ1) is 49.0. The van der Waals surface area contributed by atoms with Crippen molar-refractivity contribution in [1.82, 2.24) is 28.5 Å². The van der Waals surface area contributed by atoms with E-state index in [1.54, 1.807) is 48.3 Å². The lowest BCUT2D eigenvalue weighted by Crippen LogP contribution is -2.47. The van der Waals surface area contributed by atoms with Gasteiger partial charge in [0.1, 0.15) is 6.61 Å². The molecule has 6 heterocycles. The molecule has 0 spiro atoms. The highest BCUT2D eigenvalue weighted by Crippen LogP contribution is 2.39. The lowest BCUT2D eigenvalue weighted by atomic mass is 10.1. The molecule has 72 heavy (non-hydrogen) atoms. The lowest BCUT2D eigenvalue weighted by Gasteiger charge is -2.36. The second kappa shape index (κ2) is 19.8. The van der Waals surface area contributed by atoms with Crippen LogP contribution in [-0.4, -0.2) is 137 Å². The normalized spacial score (nSPS) is 16.8. The van der Waals surface area contributed by atoms with Crippen LogP contribution in [0.4, 0.5) is 17.1 Å². The first-order valence-corrected chi connectivity index (χ1v) is 27.4. The molecule has 0 saturated carbocycles. The van der Waals surface area contributed by atoms with E-state index in [4.69, 9.17) is 4.74 Å². The second-order valence-electron chi connectivity index (χ2n) is 19.4. The number of morpholine rings is 1. The van der Waals surface area contributed by atoms with E-state index in [-0.39, 0.29) is 42.0 Å². The molecule has 0 bridgehead atoms. The molecule has 1 atom stereocenters. The summed E-state index contributed by atoms with van der Waals surface area (Å²) >= 11 is 0. The van der Waals surface area contributed by atoms with Crippen molar-refractivity contribution in [1.29, 1.82) is 0 Å².